The number of pyridine rings is 1. The maximum absolute atomic E-state index is 12.4. The first-order chi connectivity index (χ1) is 9.76. The Morgan fingerprint density at radius 1 is 1.30 bits per heavy atom. The summed E-state index contributed by atoms with van der Waals surface area (Å²) in [5.74, 6) is 0.369. The number of nitrogens with zero attached hydrogens (tertiary/aromatic N) is 2. The Labute approximate surface area is 123 Å². The van der Waals surface area contributed by atoms with Gasteiger partial charge in [0, 0.05) is 11.1 Å². The van der Waals surface area contributed by atoms with E-state index in [1.165, 1.54) is 0 Å². The molecule has 2 heterocycles. The van der Waals surface area contributed by atoms with Crippen LogP contribution in [0.5, 0.6) is 0 Å². The zero-order valence-electron chi connectivity index (χ0n) is 10.9. The normalized spacial score (nSPS) is 12.7. The fourth-order valence-corrected chi connectivity index (χ4v) is 3.34. The first-order valence-corrected chi connectivity index (χ1v) is 8.62. The topological polar surface area (TPSA) is 58.6 Å². The van der Waals surface area contributed by atoms with Crippen molar-refractivity contribution in [1.82, 2.24) is 15.0 Å². The lowest BCUT2D eigenvalue weighted by atomic mass is 10.3. The number of rotatable bonds is 4. The molecule has 0 amide bonds. The van der Waals surface area contributed by atoms with E-state index in [0.717, 1.165) is 21.6 Å². The average Bonchev–Trinajstić information content (AvgIpc) is 2.91. The van der Waals surface area contributed by atoms with E-state index in [0.29, 0.717) is 10.9 Å². The second kappa shape index (κ2) is 5.76. The van der Waals surface area contributed by atoms with Gasteiger partial charge >= 0.3 is 0 Å². The highest BCUT2D eigenvalue weighted by Gasteiger charge is 2.11. The number of nitrogens with one attached hydrogen (secondary N) is 1. The van der Waals surface area contributed by atoms with Crippen molar-refractivity contribution in [3.8, 4) is 0 Å². The number of hydrogen-bond donors (Lipinski definition) is 1. The standard InChI is InChI=1S/C14H13N3OS2/c1-19-11-6-7-15-10(8-11)9-20(18)14-16-12-4-2-3-5-13(12)17-14/h2-8H,9H2,1H3,(H,16,17). The van der Waals surface area contributed by atoms with Crippen molar-refractivity contribution in [1.29, 1.82) is 0 Å². The van der Waals surface area contributed by atoms with Crippen molar-refractivity contribution in [3.05, 3.63) is 48.3 Å². The highest BCUT2D eigenvalue weighted by Crippen LogP contribution is 2.18. The van der Waals surface area contributed by atoms with Gasteiger partial charge in [-0.25, -0.2) is 4.98 Å². The SMILES string of the molecule is CSc1ccnc(CS(=O)c2nc3ccccc3[nH]2)c1. The van der Waals surface area contributed by atoms with E-state index in [1.807, 2.05) is 42.7 Å². The number of hydrogen-bond acceptors (Lipinski definition) is 4. The van der Waals surface area contributed by atoms with Gasteiger partial charge in [-0.15, -0.1) is 11.8 Å². The molecule has 20 heavy (non-hydrogen) atoms. The molecule has 3 rings (SSSR count). The third-order valence-corrected chi connectivity index (χ3v) is 4.79. The van der Waals surface area contributed by atoms with Crippen molar-refractivity contribution >= 4 is 33.6 Å². The first kappa shape index (κ1) is 13.3. The summed E-state index contributed by atoms with van der Waals surface area (Å²) in [7, 11) is -1.22. The number of thioether (sulfide) groups is 1. The molecular weight excluding hydrogens is 290 g/mol. The molecule has 1 N–H and O–H groups in total. The maximum atomic E-state index is 12.4. The summed E-state index contributed by atoms with van der Waals surface area (Å²) in [5, 5.41) is 0.502. The Morgan fingerprint density at radius 3 is 2.95 bits per heavy atom. The average molecular weight is 303 g/mol. The van der Waals surface area contributed by atoms with Crippen LogP contribution in [0, 0.1) is 0 Å². The van der Waals surface area contributed by atoms with Crippen LogP contribution < -0.4 is 0 Å². The number of H-pyrrole nitrogens is 1. The summed E-state index contributed by atoms with van der Waals surface area (Å²) in [5.41, 5.74) is 2.55. The number of benzene rings is 1. The lowest BCUT2D eigenvalue weighted by molar-refractivity contribution is 0.677. The van der Waals surface area contributed by atoms with E-state index >= 15 is 0 Å². The van der Waals surface area contributed by atoms with Crippen LogP contribution in [0.25, 0.3) is 11.0 Å². The minimum absolute atomic E-state index is 0.369. The lowest BCUT2D eigenvalue weighted by Gasteiger charge is -2.01. The smallest absolute Gasteiger partial charge is 0.197 e. The Morgan fingerprint density at radius 2 is 2.15 bits per heavy atom. The number of fused-ring (bicyclic) bond motifs is 1. The van der Waals surface area contributed by atoms with E-state index in [9.17, 15) is 4.21 Å². The molecule has 0 radical (unpaired) electrons. The summed E-state index contributed by atoms with van der Waals surface area (Å²) >= 11 is 1.65. The van der Waals surface area contributed by atoms with Gasteiger partial charge in [-0.2, -0.15) is 0 Å². The molecule has 1 aromatic carbocycles. The fourth-order valence-electron chi connectivity index (χ4n) is 1.90. The molecule has 0 aliphatic rings. The van der Waals surface area contributed by atoms with E-state index in [1.54, 1.807) is 18.0 Å². The third kappa shape index (κ3) is 2.76. The van der Waals surface area contributed by atoms with Crippen molar-refractivity contribution < 1.29 is 4.21 Å². The van der Waals surface area contributed by atoms with Gasteiger partial charge in [0.25, 0.3) is 0 Å². The zero-order valence-corrected chi connectivity index (χ0v) is 12.5. The van der Waals surface area contributed by atoms with Crippen LogP contribution in [0.3, 0.4) is 0 Å². The predicted molar refractivity (Wildman–Crippen MR) is 82.2 cm³/mol. The van der Waals surface area contributed by atoms with Crippen LogP contribution >= 0.6 is 11.8 Å². The van der Waals surface area contributed by atoms with Gasteiger partial charge in [0.1, 0.15) is 0 Å². The molecule has 102 valence electrons. The Kier molecular flexibility index (Phi) is 3.84. The van der Waals surface area contributed by atoms with E-state index < -0.39 is 10.8 Å². The first-order valence-electron chi connectivity index (χ1n) is 6.08. The summed E-state index contributed by atoms with van der Waals surface area (Å²) in [4.78, 5) is 12.8. The molecule has 0 saturated carbocycles. The largest absolute Gasteiger partial charge is 0.331 e. The van der Waals surface area contributed by atoms with Crippen molar-refractivity contribution in [2.45, 2.75) is 15.8 Å². The molecule has 2 aromatic heterocycles. The minimum atomic E-state index is -1.22. The third-order valence-electron chi connectivity index (χ3n) is 2.89. The van der Waals surface area contributed by atoms with Gasteiger partial charge < -0.3 is 4.98 Å². The molecule has 6 heteroatoms. The molecule has 0 aliphatic carbocycles. The van der Waals surface area contributed by atoms with E-state index in [-0.39, 0.29) is 0 Å². The molecule has 0 fully saturated rings. The zero-order chi connectivity index (χ0) is 13.9. The van der Waals surface area contributed by atoms with Gasteiger partial charge in [0.15, 0.2) is 5.16 Å². The molecule has 0 saturated heterocycles. The summed E-state index contributed by atoms with van der Waals surface area (Å²) in [6.07, 6.45) is 3.76. The summed E-state index contributed by atoms with van der Waals surface area (Å²) < 4.78 is 12.4. The number of imidazole rings is 1. The van der Waals surface area contributed by atoms with Gasteiger partial charge in [-0.3, -0.25) is 9.19 Å². The Hall–Kier alpha value is -1.66. The van der Waals surface area contributed by atoms with Crippen LogP contribution in [0.4, 0.5) is 0 Å². The van der Waals surface area contributed by atoms with Crippen LogP contribution in [-0.4, -0.2) is 25.4 Å². The van der Waals surface area contributed by atoms with Gasteiger partial charge in [0.05, 0.1) is 33.3 Å². The Balaban J connectivity index is 1.85. The molecule has 0 aliphatic heterocycles. The minimum Gasteiger partial charge on any atom is -0.331 e. The van der Waals surface area contributed by atoms with Gasteiger partial charge in [-0.05, 0) is 30.5 Å². The highest BCUT2D eigenvalue weighted by molar-refractivity contribution is 7.98. The number of para-hydroxylation sites is 2. The number of aromatic nitrogens is 3. The van der Waals surface area contributed by atoms with Gasteiger partial charge in [-0.1, -0.05) is 12.1 Å². The second-order valence-corrected chi connectivity index (χ2v) is 6.48. The molecule has 1 atom stereocenters. The Bertz CT molecular complexity index is 737. The molecule has 0 bridgehead atoms. The summed E-state index contributed by atoms with van der Waals surface area (Å²) in [6, 6.07) is 11.6. The molecule has 4 nitrogen and oxygen atoms in total. The molecule has 1 unspecified atom stereocenters. The second-order valence-electron chi connectivity index (χ2n) is 4.24. The molecule has 3 aromatic rings. The lowest BCUT2D eigenvalue weighted by Crippen LogP contribution is -2.00. The predicted octanol–water partition coefficient (Wildman–Crippen LogP) is 2.99. The molecular formula is C14H13N3OS2. The summed E-state index contributed by atoms with van der Waals surface area (Å²) in [6.45, 7) is 0. The fraction of sp³-hybridized carbons (Fsp3) is 0.143. The number of aromatic amines is 1. The van der Waals surface area contributed by atoms with Crippen molar-refractivity contribution in [2.24, 2.45) is 0 Å². The molecule has 0 spiro atoms. The van der Waals surface area contributed by atoms with Crippen LogP contribution in [0.1, 0.15) is 5.69 Å². The van der Waals surface area contributed by atoms with Crippen molar-refractivity contribution in [2.75, 3.05) is 6.26 Å². The van der Waals surface area contributed by atoms with Crippen molar-refractivity contribution in [3.63, 3.8) is 0 Å². The quantitative estimate of drug-likeness (QED) is 0.753. The van der Waals surface area contributed by atoms with Crippen LogP contribution in [0.15, 0.2) is 52.6 Å². The van der Waals surface area contributed by atoms with Crippen LogP contribution in [-0.2, 0) is 16.6 Å². The monoisotopic (exact) mass is 303 g/mol. The van der Waals surface area contributed by atoms with E-state index in [2.05, 4.69) is 15.0 Å². The van der Waals surface area contributed by atoms with E-state index in [4.69, 9.17) is 0 Å². The highest BCUT2D eigenvalue weighted by atomic mass is 32.2. The maximum Gasteiger partial charge on any atom is 0.197 e. The van der Waals surface area contributed by atoms with Gasteiger partial charge in [0.2, 0.25) is 0 Å². The van der Waals surface area contributed by atoms with Crippen LogP contribution in [0.2, 0.25) is 0 Å².